The predicted octanol–water partition coefficient (Wildman–Crippen LogP) is 0.749. The molecule has 0 aromatic heterocycles. The molecule has 0 atom stereocenters. The molecule has 0 saturated carbocycles. The fourth-order valence-electron chi connectivity index (χ4n) is 1.12. The van der Waals surface area contributed by atoms with Crippen molar-refractivity contribution in [2.45, 2.75) is 11.3 Å². The van der Waals surface area contributed by atoms with E-state index in [-0.39, 0.29) is 4.90 Å². The van der Waals surface area contributed by atoms with Crippen molar-refractivity contribution in [2.24, 2.45) is 5.14 Å². The highest BCUT2D eigenvalue weighted by atomic mass is 32.2. The third-order valence-corrected chi connectivity index (χ3v) is 2.84. The molecule has 0 spiro atoms. The number of sulfonamides is 1. The number of primary sulfonamides is 1. The Labute approximate surface area is 95.2 Å². The molecule has 0 fully saturated rings. The topological polar surface area (TPSA) is 78.6 Å². The standard InChI is InChI=1S/C10H15NO4S/c1-14-7-2-8-15-9-3-5-10(6-4-9)16(11,12)13/h3-6H,2,7-8H2,1H3,(H2,11,12,13). The van der Waals surface area contributed by atoms with E-state index in [0.717, 1.165) is 6.42 Å². The van der Waals surface area contributed by atoms with Crippen LogP contribution in [0.2, 0.25) is 0 Å². The van der Waals surface area contributed by atoms with Gasteiger partial charge in [-0.15, -0.1) is 0 Å². The molecule has 5 nitrogen and oxygen atoms in total. The summed E-state index contributed by atoms with van der Waals surface area (Å²) in [4.78, 5) is 0.0803. The summed E-state index contributed by atoms with van der Waals surface area (Å²) in [6, 6.07) is 5.99. The maximum absolute atomic E-state index is 11.0. The molecule has 0 saturated heterocycles. The number of ether oxygens (including phenoxy) is 2. The third kappa shape index (κ3) is 4.18. The molecule has 0 radical (unpaired) electrons. The highest BCUT2D eigenvalue weighted by Crippen LogP contribution is 2.14. The molecule has 1 aromatic rings. The zero-order chi connectivity index (χ0) is 12.0. The fourth-order valence-corrected chi connectivity index (χ4v) is 1.63. The van der Waals surface area contributed by atoms with Crippen molar-refractivity contribution in [3.63, 3.8) is 0 Å². The van der Waals surface area contributed by atoms with E-state index in [4.69, 9.17) is 14.6 Å². The molecule has 16 heavy (non-hydrogen) atoms. The van der Waals surface area contributed by atoms with Crippen molar-refractivity contribution in [1.29, 1.82) is 0 Å². The Bertz CT molecular complexity index is 413. The molecule has 0 bridgehead atoms. The van der Waals surface area contributed by atoms with Crippen LogP contribution in [0.1, 0.15) is 6.42 Å². The Morgan fingerprint density at radius 2 is 1.81 bits per heavy atom. The molecule has 90 valence electrons. The molecule has 0 unspecified atom stereocenters. The lowest BCUT2D eigenvalue weighted by atomic mass is 10.3. The van der Waals surface area contributed by atoms with Crippen molar-refractivity contribution >= 4 is 10.0 Å². The number of nitrogens with two attached hydrogens (primary N) is 1. The van der Waals surface area contributed by atoms with Gasteiger partial charge in [0.15, 0.2) is 0 Å². The Morgan fingerprint density at radius 3 is 2.31 bits per heavy atom. The smallest absolute Gasteiger partial charge is 0.238 e. The summed E-state index contributed by atoms with van der Waals surface area (Å²) in [5.41, 5.74) is 0. The van der Waals surface area contributed by atoms with Gasteiger partial charge in [-0.3, -0.25) is 0 Å². The van der Waals surface area contributed by atoms with Crippen molar-refractivity contribution in [2.75, 3.05) is 20.3 Å². The second kappa shape index (κ2) is 5.83. The van der Waals surface area contributed by atoms with E-state index in [2.05, 4.69) is 0 Å². The number of benzene rings is 1. The quantitative estimate of drug-likeness (QED) is 0.750. The number of rotatable bonds is 6. The van der Waals surface area contributed by atoms with Gasteiger partial charge in [-0.05, 0) is 24.3 Å². The van der Waals surface area contributed by atoms with Crippen LogP contribution < -0.4 is 9.88 Å². The zero-order valence-corrected chi connectivity index (χ0v) is 9.87. The second-order valence-corrected chi connectivity index (χ2v) is 4.77. The average Bonchev–Trinajstić information content (AvgIpc) is 2.24. The first kappa shape index (κ1) is 13.0. The predicted molar refractivity (Wildman–Crippen MR) is 59.8 cm³/mol. The summed E-state index contributed by atoms with van der Waals surface area (Å²) < 4.78 is 32.2. The number of hydrogen-bond donors (Lipinski definition) is 1. The van der Waals surface area contributed by atoms with Gasteiger partial charge >= 0.3 is 0 Å². The summed E-state index contributed by atoms with van der Waals surface area (Å²) in [7, 11) is -2.00. The molecule has 0 amide bonds. The SMILES string of the molecule is COCCCOc1ccc(S(N)(=O)=O)cc1. The van der Waals surface area contributed by atoms with Crippen LogP contribution >= 0.6 is 0 Å². The van der Waals surface area contributed by atoms with E-state index >= 15 is 0 Å². The van der Waals surface area contributed by atoms with Gasteiger partial charge in [-0.2, -0.15) is 0 Å². The van der Waals surface area contributed by atoms with Crippen LogP contribution in [0.3, 0.4) is 0 Å². The molecule has 0 aliphatic heterocycles. The van der Waals surface area contributed by atoms with Crippen LogP contribution in [0, 0.1) is 0 Å². The van der Waals surface area contributed by atoms with E-state index in [0.29, 0.717) is 19.0 Å². The minimum absolute atomic E-state index is 0.0803. The lowest BCUT2D eigenvalue weighted by Gasteiger charge is -2.06. The summed E-state index contributed by atoms with van der Waals surface area (Å²) in [6.45, 7) is 1.16. The summed E-state index contributed by atoms with van der Waals surface area (Å²) in [5, 5.41) is 4.96. The molecule has 6 heteroatoms. The molecule has 2 N–H and O–H groups in total. The molecule has 0 aliphatic carbocycles. The molecule has 0 aliphatic rings. The Kier molecular flexibility index (Phi) is 4.72. The van der Waals surface area contributed by atoms with Crippen LogP contribution in [0.25, 0.3) is 0 Å². The first-order valence-corrected chi connectivity index (χ1v) is 6.33. The van der Waals surface area contributed by atoms with E-state index < -0.39 is 10.0 Å². The Hall–Kier alpha value is -1.11. The van der Waals surface area contributed by atoms with Gasteiger partial charge in [0.05, 0.1) is 11.5 Å². The van der Waals surface area contributed by atoms with Crippen LogP contribution in [0.5, 0.6) is 5.75 Å². The zero-order valence-electron chi connectivity index (χ0n) is 9.05. The van der Waals surface area contributed by atoms with E-state index in [1.807, 2.05) is 0 Å². The number of hydrogen-bond acceptors (Lipinski definition) is 4. The van der Waals surface area contributed by atoms with E-state index in [1.165, 1.54) is 12.1 Å². The van der Waals surface area contributed by atoms with Crippen LogP contribution in [0.4, 0.5) is 0 Å². The average molecular weight is 245 g/mol. The van der Waals surface area contributed by atoms with Gasteiger partial charge in [-0.25, -0.2) is 13.6 Å². The monoisotopic (exact) mass is 245 g/mol. The van der Waals surface area contributed by atoms with Gasteiger partial charge < -0.3 is 9.47 Å². The highest BCUT2D eigenvalue weighted by molar-refractivity contribution is 7.89. The maximum atomic E-state index is 11.0. The molecular weight excluding hydrogens is 230 g/mol. The fraction of sp³-hybridized carbons (Fsp3) is 0.400. The van der Waals surface area contributed by atoms with Gasteiger partial charge in [0.25, 0.3) is 0 Å². The Balaban J connectivity index is 2.52. The largest absolute Gasteiger partial charge is 0.494 e. The van der Waals surface area contributed by atoms with Crippen molar-refractivity contribution < 1.29 is 17.9 Å². The molecule has 1 rings (SSSR count). The minimum atomic E-state index is -3.62. The maximum Gasteiger partial charge on any atom is 0.238 e. The van der Waals surface area contributed by atoms with Crippen LogP contribution in [0.15, 0.2) is 29.2 Å². The van der Waals surface area contributed by atoms with Gasteiger partial charge in [0, 0.05) is 20.1 Å². The Morgan fingerprint density at radius 1 is 1.19 bits per heavy atom. The lowest BCUT2D eigenvalue weighted by Crippen LogP contribution is -2.11. The van der Waals surface area contributed by atoms with E-state index in [1.54, 1.807) is 19.2 Å². The molecule has 0 heterocycles. The third-order valence-electron chi connectivity index (χ3n) is 1.91. The van der Waals surface area contributed by atoms with E-state index in [9.17, 15) is 8.42 Å². The summed E-state index contributed by atoms with van der Waals surface area (Å²) >= 11 is 0. The van der Waals surface area contributed by atoms with Gasteiger partial charge in [0.1, 0.15) is 5.75 Å². The van der Waals surface area contributed by atoms with Crippen LogP contribution in [-0.4, -0.2) is 28.7 Å². The van der Waals surface area contributed by atoms with Gasteiger partial charge in [-0.1, -0.05) is 0 Å². The highest BCUT2D eigenvalue weighted by Gasteiger charge is 2.06. The summed E-state index contributed by atoms with van der Waals surface area (Å²) in [5.74, 6) is 0.614. The first-order valence-electron chi connectivity index (χ1n) is 4.78. The van der Waals surface area contributed by atoms with Crippen molar-refractivity contribution in [3.8, 4) is 5.75 Å². The van der Waals surface area contributed by atoms with Crippen molar-refractivity contribution in [1.82, 2.24) is 0 Å². The summed E-state index contributed by atoms with van der Waals surface area (Å²) in [6.07, 6.45) is 0.785. The normalized spacial score (nSPS) is 11.4. The lowest BCUT2D eigenvalue weighted by molar-refractivity contribution is 0.172. The first-order chi connectivity index (χ1) is 7.54. The minimum Gasteiger partial charge on any atom is -0.494 e. The second-order valence-electron chi connectivity index (χ2n) is 3.21. The van der Waals surface area contributed by atoms with Crippen LogP contribution in [-0.2, 0) is 14.8 Å². The molecular formula is C10H15NO4S. The number of methoxy groups -OCH3 is 1. The van der Waals surface area contributed by atoms with Gasteiger partial charge in [0.2, 0.25) is 10.0 Å². The van der Waals surface area contributed by atoms with Crippen molar-refractivity contribution in [3.05, 3.63) is 24.3 Å². The molecule has 1 aromatic carbocycles.